The zero-order valence-electron chi connectivity index (χ0n) is 16.5. The van der Waals surface area contributed by atoms with Crippen LogP contribution in [-0.4, -0.2) is 35.1 Å². The monoisotopic (exact) mass is 442 g/mol. The molecule has 2 aromatic carbocycles. The molecule has 0 saturated heterocycles. The van der Waals surface area contributed by atoms with Crippen LogP contribution in [0.15, 0.2) is 52.9 Å². The van der Waals surface area contributed by atoms with Crippen molar-refractivity contribution in [2.75, 3.05) is 24.3 Å². The SMILES string of the molecule is C[C@@H](NC(=O)CSc1nnc(NCc2ccccc2)s1)c1ccc2c(c1)OCCO2. The van der Waals surface area contributed by atoms with Crippen LogP contribution < -0.4 is 20.1 Å². The molecule has 1 aliphatic rings. The topological polar surface area (TPSA) is 85.4 Å². The summed E-state index contributed by atoms with van der Waals surface area (Å²) in [5.74, 6) is 1.68. The van der Waals surface area contributed by atoms with Gasteiger partial charge < -0.3 is 20.1 Å². The summed E-state index contributed by atoms with van der Waals surface area (Å²) in [5, 5.41) is 15.3. The molecule has 0 unspecified atom stereocenters. The van der Waals surface area contributed by atoms with E-state index in [9.17, 15) is 4.79 Å². The van der Waals surface area contributed by atoms with Crippen LogP contribution in [0.25, 0.3) is 0 Å². The number of hydrogen-bond donors (Lipinski definition) is 2. The van der Waals surface area contributed by atoms with E-state index in [1.807, 2.05) is 43.3 Å². The van der Waals surface area contributed by atoms with Gasteiger partial charge in [-0.05, 0) is 30.2 Å². The number of aromatic nitrogens is 2. The van der Waals surface area contributed by atoms with Gasteiger partial charge in [-0.25, -0.2) is 0 Å². The van der Waals surface area contributed by atoms with E-state index < -0.39 is 0 Å². The first-order chi connectivity index (χ1) is 14.7. The van der Waals surface area contributed by atoms with Crippen LogP contribution in [0.4, 0.5) is 5.13 Å². The minimum Gasteiger partial charge on any atom is -0.486 e. The number of nitrogens with one attached hydrogen (secondary N) is 2. The molecule has 0 aliphatic carbocycles. The van der Waals surface area contributed by atoms with E-state index in [1.54, 1.807) is 0 Å². The lowest BCUT2D eigenvalue weighted by Gasteiger charge is -2.21. The fourth-order valence-electron chi connectivity index (χ4n) is 2.94. The Hall–Kier alpha value is -2.78. The number of rotatable bonds is 8. The van der Waals surface area contributed by atoms with E-state index in [4.69, 9.17) is 9.47 Å². The molecule has 1 aliphatic heterocycles. The summed E-state index contributed by atoms with van der Waals surface area (Å²) < 4.78 is 11.9. The molecule has 7 nitrogen and oxygen atoms in total. The van der Waals surface area contributed by atoms with Gasteiger partial charge >= 0.3 is 0 Å². The van der Waals surface area contributed by atoms with Crippen LogP contribution in [-0.2, 0) is 11.3 Å². The normalized spacial score (nSPS) is 13.5. The van der Waals surface area contributed by atoms with Crippen molar-refractivity contribution in [1.82, 2.24) is 15.5 Å². The fourth-order valence-corrected chi connectivity index (χ4v) is 4.49. The lowest BCUT2D eigenvalue weighted by atomic mass is 10.1. The minimum atomic E-state index is -0.133. The number of benzene rings is 2. The van der Waals surface area contributed by atoms with E-state index in [-0.39, 0.29) is 17.7 Å². The zero-order chi connectivity index (χ0) is 20.8. The number of ether oxygens (including phenoxy) is 2. The number of nitrogens with zero attached hydrogens (tertiary/aromatic N) is 2. The number of anilines is 1. The Kier molecular flexibility index (Phi) is 6.70. The molecule has 30 heavy (non-hydrogen) atoms. The quantitative estimate of drug-likeness (QED) is 0.512. The van der Waals surface area contributed by atoms with Gasteiger partial charge in [0.1, 0.15) is 13.2 Å². The third-order valence-electron chi connectivity index (χ3n) is 4.46. The average Bonchev–Trinajstić information content (AvgIpc) is 3.24. The van der Waals surface area contributed by atoms with Crippen molar-refractivity contribution in [1.29, 1.82) is 0 Å². The minimum absolute atomic E-state index is 0.0589. The van der Waals surface area contributed by atoms with Gasteiger partial charge in [0.2, 0.25) is 11.0 Å². The van der Waals surface area contributed by atoms with E-state index in [0.717, 1.165) is 26.5 Å². The Bertz CT molecular complexity index is 997. The lowest BCUT2D eigenvalue weighted by molar-refractivity contribution is -0.119. The Morgan fingerprint density at radius 1 is 1.13 bits per heavy atom. The van der Waals surface area contributed by atoms with Gasteiger partial charge in [0.25, 0.3) is 0 Å². The van der Waals surface area contributed by atoms with Crippen molar-refractivity contribution in [3.63, 3.8) is 0 Å². The first-order valence-electron chi connectivity index (χ1n) is 9.60. The summed E-state index contributed by atoms with van der Waals surface area (Å²) >= 11 is 2.82. The highest BCUT2D eigenvalue weighted by Crippen LogP contribution is 2.32. The molecule has 9 heteroatoms. The van der Waals surface area contributed by atoms with E-state index in [2.05, 4.69) is 33.0 Å². The highest BCUT2D eigenvalue weighted by Gasteiger charge is 2.16. The van der Waals surface area contributed by atoms with Gasteiger partial charge in [-0.2, -0.15) is 0 Å². The van der Waals surface area contributed by atoms with Crippen molar-refractivity contribution < 1.29 is 14.3 Å². The maximum absolute atomic E-state index is 12.4. The molecule has 0 bridgehead atoms. The Labute approximate surface area is 183 Å². The molecule has 0 spiro atoms. The van der Waals surface area contributed by atoms with Crippen LogP contribution in [0.3, 0.4) is 0 Å². The van der Waals surface area contributed by atoms with Gasteiger partial charge in [0.05, 0.1) is 11.8 Å². The number of hydrogen-bond acceptors (Lipinski definition) is 8. The summed E-state index contributed by atoms with van der Waals surface area (Å²) in [7, 11) is 0. The van der Waals surface area contributed by atoms with Gasteiger partial charge in [0, 0.05) is 6.54 Å². The van der Waals surface area contributed by atoms with Crippen LogP contribution in [0.1, 0.15) is 24.1 Å². The van der Waals surface area contributed by atoms with Crippen LogP contribution in [0.5, 0.6) is 11.5 Å². The number of carbonyl (C=O) groups excluding carboxylic acids is 1. The molecule has 0 saturated carbocycles. The molecule has 1 aromatic heterocycles. The second-order valence-electron chi connectivity index (χ2n) is 6.69. The summed E-state index contributed by atoms with van der Waals surface area (Å²) in [6, 6.07) is 15.7. The van der Waals surface area contributed by atoms with Gasteiger partial charge in [-0.3, -0.25) is 4.79 Å². The fraction of sp³-hybridized carbons (Fsp3) is 0.286. The molecular weight excluding hydrogens is 420 g/mol. The highest BCUT2D eigenvalue weighted by atomic mass is 32.2. The summed E-state index contributed by atoms with van der Waals surface area (Å²) in [4.78, 5) is 12.4. The molecule has 156 valence electrons. The van der Waals surface area contributed by atoms with Crippen LogP contribution >= 0.6 is 23.1 Å². The zero-order valence-corrected chi connectivity index (χ0v) is 18.1. The number of thioether (sulfide) groups is 1. The Morgan fingerprint density at radius 2 is 1.93 bits per heavy atom. The third-order valence-corrected chi connectivity index (χ3v) is 6.48. The predicted molar refractivity (Wildman–Crippen MR) is 118 cm³/mol. The Morgan fingerprint density at radius 3 is 2.77 bits per heavy atom. The molecule has 2 N–H and O–H groups in total. The molecule has 4 rings (SSSR count). The first-order valence-corrected chi connectivity index (χ1v) is 11.4. The van der Waals surface area contributed by atoms with Gasteiger partial charge in [0.15, 0.2) is 15.8 Å². The second kappa shape index (κ2) is 9.82. The van der Waals surface area contributed by atoms with E-state index in [1.165, 1.54) is 28.7 Å². The summed E-state index contributed by atoms with van der Waals surface area (Å²) in [5.41, 5.74) is 2.15. The lowest BCUT2D eigenvalue weighted by Crippen LogP contribution is -2.28. The third kappa shape index (κ3) is 5.43. The summed E-state index contributed by atoms with van der Waals surface area (Å²) in [6.45, 7) is 3.74. The molecule has 1 atom stereocenters. The molecule has 3 aromatic rings. The summed E-state index contributed by atoms with van der Waals surface area (Å²) in [6.07, 6.45) is 0. The largest absolute Gasteiger partial charge is 0.486 e. The van der Waals surface area contributed by atoms with Crippen LogP contribution in [0, 0.1) is 0 Å². The van der Waals surface area contributed by atoms with E-state index in [0.29, 0.717) is 19.8 Å². The molecular formula is C21H22N4O3S2. The van der Waals surface area contributed by atoms with Crippen molar-refractivity contribution in [3.8, 4) is 11.5 Å². The number of fused-ring (bicyclic) bond motifs is 1. The molecule has 1 amide bonds. The van der Waals surface area contributed by atoms with E-state index >= 15 is 0 Å². The molecule has 2 heterocycles. The average molecular weight is 443 g/mol. The first kappa shape index (κ1) is 20.5. The number of amides is 1. The van der Waals surface area contributed by atoms with Crippen LogP contribution in [0.2, 0.25) is 0 Å². The standard InChI is InChI=1S/C21H22N4O3S2/c1-14(16-7-8-17-18(11-16)28-10-9-27-17)23-19(26)13-29-21-25-24-20(30-21)22-12-15-5-3-2-4-6-15/h2-8,11,14H,9-10,12-13H2,1H3,(H,22,24)(H,23,26)/t14-/m1/s1. The predicted octanol–water partition coefficient (Wildman–Crippen LogP) is 3.89. The highest BCUT2D eigenvalue weighted by molar-refractivity contribution is 8.01. The second-order valence-corrected chi connectivity index (χ2v) is 8.89. The Balaban J connectivity index is 1.24. The van der Waals surface area contributed by atoms with Crippen molar-refractivity contribution in [2.45, 2.75) is 23.8 Å². The van der Waals surface area contributed by atoms with Gasteiger partial charge in [-0.1, -0.05) is 59.5 Å². The molecule has 0 radical (unpaired) electrons. The maximum Gasteiger partial charge on any atom is 0.230 e. The number of carbonyl (C=O) groups is 1. The van der Waals surface area contributed by atoms with Crippen molar-refractivity contribution >= 4 is 34.1 Å². The molecule has 0 fully saturated rings. The van der Waals surface area contributed by atoms with Crippen molar-refractivity contribution in [2.24, 2.45) is 0 Å². The smallest absolute Gasteiger partial charge is 0.230 e. The van der Waals surface area contributed by atoms with Gasteiger partial charge in [-0.15, -0.1) is 10.2 Å². The maximum atomic E-state index is 12.4. The van der Waals surface area contributed by atoms with Crippen molar-refractivity contribution in [3.05, 3.63) is 59.7 Å².